The van der Waals surface area contributed by atoms with Gasteiger partial charge >= 0.3 is 0 Å². The number of allylic oxidation sites excluding steroid dienone is 1. The molecule has 2 aromatic carbocycles. The number of benzene rings is 2. The fraction of sp³-hybridized carbons (Fsp3) is 0.259. The number of carbonyl (C=O) groups excluding carboxylic acids is 2. The second kappa shape index (κ2) is 7.96. The van der Waals surface area contributed by atoms with Crippen LogP contribution < -0.4 is 10.6 Å². The predicted molar refractivity (Wildman–Crippen MR) is 131 cm³/mol. The van der Waals surface area contributed by atoms with E-state index in [1.165, 1.54) is 0 Å². The van der Waals surface area contributed by atoms with Crippen molar-refractivity contribution >= 4 is 33.6 Å². The first-order valence-electron chi connectivity index (χ1n) is 11.3. The van der Waals surface area contributed by atoms with Gasteiger partial charge in [-0.3, -0.25) is 9.59 Å². The summed E-state index contributed by atoms with van der Waals surface area (Å²) in [7, 11) is 0. The van der Waals surface area contributed by atoms with Gasteiger partial charge in [-0.15, -0.1) is 6.58 Å². The van der Waals surface area contributed by atoms with Crippen LogP contribution in [-0.2, 0) is 27.8 Å². The zero-order valence-corrected chi connectivity index (χ0v) is 18.9. The molecule has 33 heavy (non-hydrogen) atoms. The Balaban J connectivity index is 1.39. The quantitative estimate of drug-likeness (QED) is 0.343. The average Bonchev–Trinajstić information content (AvgIpc) is 3.39. The van der Waals surface area contributed by atoms with Crippen LogP contribution in [0.4, 0.5) is 0 Å². The molecule has 0 bridgehead atoms. The van der Waals surface area contributed by atoms with E-state index < -0.39 is 12.1 Å². The van der Waals surface area contributed by atoms with E-state index in [-0.39, 0.29) is 17.2 Å². The first kappa shape index (κ1) is 21.1. The summed E-state index contributed by atoms with van der Waals surface area (Å²) < 4.78 is 0. The molecule has 2 atom stereocenters. The zero-order valence-electron chi connectivity index (χ0n) is 18.9. The maximum atomic E-state index is 13.1. The van der Waals surface area contributed by atoms with E-state index in [0.29, 0.717) is 12.8 Å². The minimum absolute atomic E-state index is 0.158. The molecule has 6 nitrogen and oxygen atoms in total. The van der Waals surface area contributed by atoms with Gasteiger partial charge in [-0.25, -0.2) is 0 Å². The molecule has 6 heteroatoms. The maximum absolute atomic E-state index is 13.1. The Bertz CT molecular complexity index is 1380. The highest BCUT2D eigenvalue weighted by Crippen LogP contribution is 2.33. The zero-order chi connectivity index (χ0) is 23.2. The molecule has 0 radical (unpaired) electrons. The molecule has 2 amide bonds. The molecule has 1 fully saturated rings. The molecule has 5 rings (SSSR count). The number of nitrogens with one attached hydrogen (secondary N) is 4. The SMILES string of the molecule is C=CC(C)(C)c1[nH]c2ccccc2c1C[C@@H]1NC(=O)[C@@H](Cc2c[nH]c3ccccc23)NC1=O. The highest BCUT2D eigenvalue weighted by molar-refractivity contribution is 5.98. The Hall–Kier alpha value is -3.80. The van der Waals surface area contributed by atoms with Crippen molar-refractivity contribution in [3.8, 4) is 0 Å². The summed E-state index contributed by atoms with van der Waals surface area (Å²) >= 11 is 0. The van der Waals surface area contributed by atoms with Crippen molar-refractivity contribution in [1.29, 1.82) is 0 Å². The Kier molecular flexibility index (Phi) is 5.08. The fourth-order valence-corrected chi connectivity index (χ4v) is 4.75. The summed E-state index contributed by atoms with van der Waals surface area (Å²) in [5.41, 5.74) is 4.78. The van der Waals surface area contributed by atoms with Gasteiger partial charge in [0.15, 0.2) is 0 Å². The molecule has 1 aliphatic heterocycles. The number of aromatic nitrogens is 2. The molecule has 0 saturated carbocycles. The summed E-state index contributed by atoms with van der Waals surface area (Å²) in [4.78, 5) is 32.8. The summed E-state index contributed by atoms with van der Waals surface area (Å²) in [5.74, 6) is -0.318. The minimum atomic E-state index is -0.629. The number of aromatic amines is 2. The molecule has 1 saturated heterocycles. The van der Waals surface area contributed by atoms with Crippen LogP contribution in [0.2, 0.25) is 0 Å². The molecule has 2 aromatic heterocycles. The van der Waals surface area contributed by atoms with Crippen LogP contribution in [0.1, 0.15) is 30.7 Å². The molecule has 168 valence electrons. The number of amides is 2. The van der Waals surface area contributed by atoms with Crippen LogP contribution in [0.25, 0.3) is 21.8 Å². The van der Waals surface area contributed by atoms with Crippen molar-refractivity contribution in [2.24, 2.45) is 0 Å². The summed E-state index contributed by atoms with van der Waals surface area (Å²) in [5, 5.41) is 8.06. The van der Waals surface area contributed by atoms with Crippen molar-refractivity contribution < 1.29 is 9.59 Å². The third kappa shape index (κ3) is 3.71. The van der Waals surface area contributed by atoms with E-state index in [1.54, 1.807) is 0 Å². The first-order valence-corrected chi connectivity index (χ1v) is 11.3. The Morgan fingerprint density at radius 1 is 0.879 bits per heavy atom. The van der Waals surface area contributed by atoms with Crippen LogP contribution in [0.3, 0.4) is 0 Å². The van der Waals surface area contributed by atoms with Gasteiger partial charge in [-0.05, 0) is 23.3 Å². The number of fused-ring (bicyclic) bond motifs is 2. The van der Waals surface area contributed by atoms with E-state index in [9.17, 15) is 9.59 Å². The molecule has 0 aliphatic carbocycles. The number of para-hydroxylation sites is 2. The molecular weight excluding hydrogens is 412 g/mol. The Morgan fingerprint density at radius 3 is 2.18 bits per heavy atom. The average molecular weight is 441 g/mol. The van der Waals surface area contributed by atoms with Crippen molar-refractivity contribution in [2.75, 3.05) is 0 Å². The second-order valence-corrected chi connectivity index (χ2v) is 9.34. The normalized spacial score (nSPS) is 19.0. The topological polar surface area (TPSA) is 89.8 Å². The molecule has 4 N–H and O–H groups in total. The maximum Gasteiger partial charge on any atom is 0.243 e. The number of rotatable bonds is 6. The summed E-state index contributed by atoms with van der Waals surface area (Å²) in [6, 6.07) is 14.8. The Labute approximate surface area is 192 Å². The van der Waals surface area contributed by atoms with E-state index >= 15 is 0 Å². The smallest absolute Gasteiger partial charge is 0.243 e. The van der Waals surface area contributed by atoms with Gasteiger partial charge in [0.05, 0.1) is 0 Å². The van der Waals surface area contributed by atoms with Gasteiger partial charge in [-0.1, -0.05) is 56.3 Å². The van der Waals surface area contributed by atoms with E-state index in [2.05, 4.69) is 41.0 Å². The van der Waals surface area contributed by atoms with Crippen LogP contribution in [0, 0.1) is 0 Å². The van der Waals surface area contributed by atoms with Gasteiger partial charge < -0.3 is 20.6 Å². The fourth-order valence-electron chi connectivity index (χ4n) is 4.75. The third-order valence-corrected chi connectivity index (χ3v) is 6.74. The van der Waals surface area contributed by atoms with Gasteiger partial charge in [-0.2, -0.15) is 0 Å². The first-order chi connectivity index (χ1) is 15.9. The van der Waals surface area contributed by atoms with Crippen molar-refractivity contribution in [2.45, 2.75) is 44.2 Å². The summed E-state index contributed by atoms with van der Waals surface area (Å²) in [6.45, 7) is 8.17. The minimum Gasteiger partial charge on any atom is -0.361 e. The summed E-state index contributed by atoms with van der Waals surface area (Å²) in [6.07, 6.45) is 4.66. The molecule has 4 aromatic rings. The van der Waals surface area contributed by atoms with Gasteiger partial charge in [0.25, 0.3) is 0 Å². The van der Waals surface area contributed by atoms with E-state index in [4.69, 9.17) is 0 Å². The Morgan fingerprint density at radius 2 is 1.48 bits per heavy atom. The van der Waals surface area contributed by atoms with Gasteiger partial charge in [0, 0.05) is 52.0 Å². The van der Waals surface area contributed by atoms with E-state index in [1.807, 2.05) is 60.8 Å². The third-order valence-electron chi connectivity index (χ3n) is 6.74. The molecule has 3 heterocycles. The van der Waals surface area contributed by atoms with Crippen LogP contribution >= 0.6 is 0 Å². The van der Waals surface area contributed by atoms with Crippen LogP contribution in [-0.4, -0.2) is 33.9 Å². The number of carbonyl (C=O) groups is 2. The molecular formula is C27H28N4O2. The lowest BCUT2D eigenvalue weighted by Gasteiger charge is -2.30. The van der Waals surface area contributed by atoms with Gasteiger partial charge in [0.1, 0.15) is 12.1 Å². The largest absolute Gasteiger partial charge is 0.361 e. The number of H-pyrrole nitrogens is 2. The second-order valence-electron chi connectivity index (χ2n) is 9.34. The highest BCUT2D eigenvalue weighted by atomic mass is 16.2. The molecule has 0 unspecified atom stereocenters. The lowest BCUT2D eigenvalue weighted by molar-refractivity contribution is -0.136. The van der Waals surface area contributed by atoms with Gasteiger partial charge in [0.2, 0.25) is 11.8 Å². The van der Waals surface area contributed by atoms with E-state index in [0.717, 1.165) is 38.6 Å². The van der Waals surface area contributed by atoms with Crippen LogP contribution in [0.15, 0.2) is 67.4 Å². The number of hydrogen-bond acceptors (Lipinski definition) is 2. The predicted octanol–water partition coefficient (Wildman–Crippen LogP) is 3.88. The lowest BCUT2D eigenvalue weighted by atomic mass is 9.84. The number of piperazine rings is 1. The molecule has 1 aliphatic rings. The monoisotopic (exact) mass is 440 g/mol. The standard InChI is InChI=1S/C27H28N4O2/c1-4-27(2,3)24-19(18-10-6-8-12-21(18)29-24)14-23-26(33)30-22(25(32)31-23)13-16-15-28-20-11-7-5-9-17(16)20/h4-12,15,22-23,28-29H,1,13-14H2,2-3H3,(H,30,33)(H,31,32)/t22-,23+/m1/s1. The number of hydrogen-bond donors (Lipinski definition) is 4. The van der Waals surface area contributed by atoms with Crippen molar-refractivity contribution in [3.63, 3.8) is 0 Å². The van der Waals surface area contributed by atoms with Crippen molar-refractivity contribution in [1.82, 2.24) is 20.6 Å². The lowest BCUT2D eigenvalue weighted by Crippen LogP contribution is -2.62. The highest BCUT2D eigenvalue weighted by Gasteiger charge is 2.36. The van der Waals surface area contributed by atoms with Crippen LogP contribution in [0.5, 0.6) is 0 Å². The van der Waals surface area contributed by atoms with Crippen molar-refractivity contribution in [3.05, 3.63) is 84.2 Å². The molecule has 0 spiro atoms.